The van der Waals surface area contributed by atoms with E-state index in [4.69, 9.17) is 0 Å². The molecule has 3 rings (SSSR count). The van der Waals surface area contributed by atoms with Crippen molar-refractivity contribution >= 4 is 12.4 Å². The third-order valence-electron chi connectivity index (χ3n) is 5.12. The summed E-state index contributed by atoms with van der Waals surface area (Å²) in [6, 6.07) is 17.3. The zero-order valence-electron chi connectivity index (χ0n) is 16.0. The molecule has 0 saturated carbocycles. The average molecular weight is 375 g/mol. The van der Waals surface area contributed by atoms with Crippen molar-refractivity contribution in [3.8, 4) is 5.75 Å². The molecule has 2 atom stereocenters. The van der Waals surface area contributed by atoms with Gasteiger partial charge in [0.2, 0.25) is 0 Å². The molecule has 1 heterocycles. The molecule has 0 aromatic heterocycles. The van der Waals surface area contributed by atoms with Crippen LogP contribution in [0, 0.1) is 0 Å². The second kappa shape index (κ2) is 8.90. The van der Waals surface area contributed by atoms with E-state index in [1.165, 1.54) is 17.5 Å². The second-order valence-electron chi connectivity index (χ2n) is 8.07. The van der Waals surface area contributed by atoms with E-state index in [0.29, 0.717) is 24.4 Å². The van der Waals surface area contributed by atoms with Crippen LogP contribution in [0.4, 0.5) is 0 Å². The quantitative estimate of drug-likeness (QED) is 0.727. The Hall–Kier alpha value is -1.55. The lowest BCUT2D eigenvalue weighted by atomic mass is 9.86. The molecular weight excluding hydrogens is 344 g/mol. The number of aromatic hydroxyl groups is 1. The minimum absolute atomic E-state index is 0. The van der Waals surface area contributed by atoms with Gasteiger partial charge in [-0.05, 0) is 42.0 Å². The Morgan fingerprint density at radius 1 is 1.12 bits per heavy atom. The van der Waals surface area contributed by atoms with Crippen molar-refractivity contribution in [2.24, 2.45) is 0 Å². The number of hydrogen-bond donors (Lipinski definition) is 3. The summed E-state index contributed by atoms with van der Waals surface area (Å²) in [4.78, 5) is 0. The highest BCUT2D eigenvalue weighted by Gasteiger charge is 2.26. The zero-order valence-corrected chi connectivity index (χ0v) is 16.8. The van der Waals surface area contributed by atoms with E-state index in [9.17, 15) is 5.11 Å². The van der Waals surface area contributed by atoms with Crippen LogP contribution >= 0.6 is 12.4 Å². The normalized spacial score (nSPS) is 20.4. The van der Waals surface area contributed by atoms with Gasteiger partial charge in [-0.3, -0.25) is 0 Å². The summed E-state index contributed by atoms with van der Waals surface area (Å²) in [5, 5.41) is 17.6. The third kappa shape index (κ3) is 5.00. The first-order valence-corrected chi connectivity index (χ1v) is 9.29. The Kier molecular flexibility index (Phi) is 7.10. The van der Waals surface area contributed by atoms with Crippen LogP contribution in [0.25, 0.3) is 0 Å². The molecule has 142 valence electrons. The molecule has 0 bridgehead atoms. The molecule has 0 unspecified atom stereocenters. The number of piperidine rings is 1. The van der Waals surface area contributed by atoms with Gasteiger partial charge in [0.05, 0.1) is 0 Å². The highest BCUT2D eigenvalue weighted by Crippen LogP contribution is 2.28. The lowest BCUT2D eigenvalue weighted by molar-refractivity contribution is 0.303. The highest BCUT2D eigenvalue weighted by atomic mass is 35.5. The van der Waals surface area contributed by atoms with Crippen molar-refractivity contribution in [2.75, 3.05) is 6.54 Å². The van der Waals surface area contributed by atoms with Crippen molar-refractivity contribution in [2.45, 2.75) is 57.7 Å². The number of rotatable bonds is 4. The van der Waals surface area contributed by atoms with E-state index in [2.05, 4.69) is 67.8 Å². The number of benzene rings is 2. The Balaban J connectivity index is 0.00000243. The van der Waals surface area contributed by atoms with E-state index in [0.717, 1.165) is 18.5 Å². The van der Waals surface area contributed by atoms with Gasteiger partial charge in [0, 0.05) is 24.2 Å². The van der Waals surface area contributed by atoms with Gasteiger partial charge in [-0.1, -0.05) is 63.2 Å². The zero-order chi connectivity index (χ0) is 17.9. The van der Waals surface area contributed by atoms with Crippen molar-refractivity contribution < 1.29 is 5.11 Å². The predicted octanol–water partition coefficient (Wildman–Crippen LogP) is 4.69. The monoisotopic (exact) mass is 374 g/mol. The number of hydrogen-bond acceptors (Lipinski definition) is 3. The smallest absolute Gasteiger partial charge is 0.120 e. The Labute approximate surface area is 163 Å². The van der Waals surface area contributed by atoms with Crippen LogP contribution < -0.4 is 10.6 Å². The van der Waals surface area contributed by atoms with Gasteiger partial charge in [-0.15, -0.1) is 12.4 Å². The number of nitrogens with one attached hydrogen (secondary N) is 2. The first kappa shape index (κ1) is 20.8. The maximum Gasteiger partial charge on any atom is 0.120 e. The Morgan fingerprint density at radius 2 is 1.85 bits per heavy atom. The summed E-state index contributed by atoms with van der Waals surface area (Å²) < 4.78 is 0. The molecular formula is C22H31ClN2O. The average Bonchev–Trinajstić information content (AvgIpc) is 2.61. The maximum atomic E-state index is 10.3. The largest absolute Gasteiger partial charge is 0.508 e. The van der Waals surface area contributed by atoms with Crippen molar-refractivity contribution in [3.63, 3.8) is 0 Å². The van der Waals surface area contributed by atoms with Gasteiger partial charge in [-0.25, -0.2) is 0 Å². The number of phenols is 1. The lowest BCUT2D eigenvalue weighted by Crippen LogP contribution is -2.45. The summed E-state index contributed by atoms with van der Waals surface area (Å²) in [5.74, 6) is 0.375. The summed E-state index contributed by atoms with van der Waals surface area (Å²) >= 11 is 0. The first-order chi connectivity index (χ1) is 11.9. The molecule has 0 aliphatic carbocycles. The van der Waals surface area contributed by atoms with E-state index in [1.54, 1.807) is 0 Å². The molecule has 4 heteroatoms. The summed E-state index contributed by atoms with van der Waals surface area (Å²) in [6.45, 7) is 8.35. The minimum Gasteiger partial charge on any atom is -0.508 e. The standard InChI is InChI=1S/C22H30N2O.ClH/c1-22(2,3)18-11-12-20(25)17(14-18)15-24-19-10-7-13-23-21(19)16-8-5-4-6-9-16;/h4-6,8-9,11-12,14,19,21,23-25H,7,10,13,15H2,1-3H3;1H/t19-,21-;/m0./s1. The molecule has 0 spiro atoms. The molecule has 1 fully saturated rings. The van der Waals surface area contributed by atoms with Crippen molar-refractivity contribution in [1.82, 2.24) is 10.6 Å². The van der Waals surface area contributed by atoms with Gasteiger partial charge in [0.1, 0.15) is 5.75 Å². The summed E-state index contributed by atoms with van der Waals surface area (Å²) in [7, 11) is 0. The van der Waals surface area contributed by atoms with E-state index in [1.807, 2.05) is 12.1 Å². The molecule has 26 heavy (non-hydrogen) atoms. The van der Waals surface area contributed by atoms with Gasteiger partial charge in [0.15, 0.2) is 0 Å². The SMILES string of the molecule is CC(C)(C)c1ccc(O)c(CN[C@H]2CCCN[C@H]2c2ccccc2)c1.Cl. The lowest BCUT2D eigenvalue weighted by Gasteiger charge is -2.34. The predicted molar refractivity (Wildman–Crippen MR) is 111 cm³/mol. The Morgan fingerprint density at radius 3 is 2.54 bits per heavy atom. The highest BCUT2D eigenvalue weighted by molar-refractivity contribution is 5.85. The topological polar surface area (TPSA) is 44.3 Å². The first-order valence-electron chi connectivity index (χ1n) is 9.29. The van der Waals surface area contributed by atoms with Crippen LogP contribution in [0.3, 0.4) is 0 Å². The molecule has 3 N–H and O–H groups in total. The van der Waals surface area contributed by atoms with Gasteiger partial charge >= 0.3 is 0 Å². The third-order valence-corrected chi connectivity index (χ3v) is 5.12. The van der Waals surface area contributed by atoms with Gasteiger partial charge in [-0.2, -0.15) is 0 Å². The molecule has 1 saturated heterocycles. The molecule has 2 aromatic rings. The van der Waals surface area contributed by atoms with Crippen LogP contribution in [0.5, 0.6) is 5.75 Å². The minimum atomic E-state index is 0. The van der Waals surface area contributed by atoms with Crippen LogP contribution in [-0.4, -0.2) is 17.7 Å². The summed E-state index contributed by atoms with van der Waals surface area (Å²) in [5.41, 5.74) is 3.64. The molecule has 1 aliphatic rings. The van der Waals surface area contributed by atoms with Crippen LogP contribution in [0.2, 0.25) is 0 Å². The number of phenolic OH excluding ortho intramolecular Hbond substituents is 1. The fraction of sp³-hybridized carbons (Fsp3) is 0.455. The fourth-order valence-electron chi connectivity index (χ4n) is 3.55. The number of halogens is 1. The van der Waals surface area contributed by atoms with E-state index >= 15 is 0 Å². The van der Waals surface area contributed by atoms with Crippen LogP contribution in [-0.2, 0) is 12.0 Å². The maximum absolute atomic E-state index is 10.3. The van der Waals surface area contributed by atoms with Crippen LogP contribution in [0.15, 0.2) is 48.5 Å². The molecule has 0 radical (unpaired) electrons. The van der Waals surface area contributed by atoms with E-state index in [-0.39, 0.29) is 17.8 Å². The molecule has 1 aliphatic heterocycles. The fourth-order valence-corrected chi connectivity index (χ4v) is 3.55. The van der Waals surface area contributed by atoms with Crippen LogP contribution in [0.1, 0.15) is 56.3 Å². The Bertz CT molecular complexity index is 697. The molecule has 2 aromatic carbocycles. The molecule has 3 nitrogen and oxygen atoms in total. The van der Waals surface area contributed by atoms with Crippen molar-refractivity contribution in [3.05, 3.63) is 65.2 Å². The van der Waals surface area contributed by atoms with E-state index < -0.39 is 0 Å². The van der Waals surface area contributed by atoms with Crippen molar-refractivity contribution in [1.29, 1.82) is 0 Å². The van der Waals surface area contributed by atoms with Gasteiger partial charge < -0.3 is 15.7 Å². The van der Waals surface area contributed by atoms with Gasteiger partial charge in [0.25, 0.3) is 0 Å². The second-order valence-corrected chi connectivity index (χ2v) is 8.07. The molecule has 0 amide bonds. The summed E-state index contributed by atoms with van der Waals surface area (Å²) in [6.07, 6.45) is 2.32.